The summed E-state index contributed by atoms with van der Waals surface area (Å²) in [6.07, 6.45) is 6.37. The van der Waals surface area contributed by atoms with Crippen LogP contribution in [0.15, 0.2) is 30.5 Å². The highest BCUT2D eigenvalue weighted by atomic mass is 35.5. The number of rotatable bonds is 5. The summed E-state index contributed by atoms with van der Waals surface area (Å²) < 4.78 is 0. The topological polar surface area (TPSA) is 41.1 Å². The molecule has 1 saturated heterocycles. The average Bonchev–Trinajstić information content (AvgIpc) is 2.58. The molecule has 4 nitrogen and oxygen atoms in total. The Labute approximate surface area is 146 Å². The fourth-order valence-corrected chi connectivity index (χ4v) is 3.25. The van der Waals surface area contributed by atoms with Crippen LogP contribution in [-0.2, 0) is 6.42 Å². The van der Waals surface area contributed by atoms with Crippen LogP contribution in [0.1, 0.15) is 24.8 Å². The Balaban J connectivity index is 1.57. The molecular formula is C17H20Cl2N4. The van der Waals surface area contributed by atoms with Crippen molar-refractivity contribution in [2.75, 3.05) is 29.9 Å². The van der Waals surface area contributed by atoms with E-state index in [-0.39, 0.29) is 0 Å². The zero-order chi connectivity index (χ0) is 16.1. The number of hydrogen-bond donors (Lipinski definition) is 1. The monoisotopic (exact) mass is 350 g/mol. The zero-order valence-corrected chi connectivity index (χ0v) is 14.4. The maximum absolute atomic E-state index is 6.19. The number of benzene rings is 1. The molecule has 2 aromatic rings. The lowest BCUT2D eigenvalue weighted by atomic mass is 10.1. The number of hydrogen-bond acceptors (Lipinski definition) is 4. The van der Waals surface area contributed by atoms with Crippen molar-refractivity contribution in [3.8, 4) is 0 Å². The molecule has 0 saturated carbocycles. The zero-order valence-electron chi connectivity index (χ0n) is 12.9. The lowest BCUT2D eigenvalue weighted by Gasteiger charge is -2.26. The van der Waals surface area contributed by atoms with Crippen LogP contribution in [0.3, 0.4) is 0 Å². The molecule has 1 aromatic heterocycles. The number of halogens is 2. The second-order valence-corrected chi connectivity index (χ2v) is 6.55. The van der Waals surface area contributed by atoms with Crippen LogP contribution in [0.5, 0.6) is 0 Å². The Bertz CT molecular complexity index is 657. The van der Waals surface area contributed by atoms with Crippen LogP contribution in [-0.4, -0.2) is 29.6 Å². The van der Waals surface area contributed by atoms with Gasteiger partial charge in [0.05, 0.1) is 0 Å². The Morgan fingerprint density at radius 1 is 1.09 bits per heavy atom. The van der Waals surface area contributed by atoms with Gasteiger partial charge in [-0.15, -0.1) is 0 Å². The van der Waals surface area contributed by atoms with E-state index in [0.717, 1.165) is 43.4 Å². The van der Waals surface area contributed by atoms with E-state index in [1.807, 2.05) is 24.4 Å². The Morgan fingerprint density at radius 3 is 2.70 bits per heavy atom. The van der Waals surface area contributed by atoms with Gasteiger partial charge in [0.2, 0.25) is 5.95 Å². The van der Waals surface area contributed by atoms with Gasteiger partial charge in [0.15, 0.2) is 0 Å². The highest BCUT2D eigenvalue weighted by molar-refractivity contribution is 6.35. The third-order valence-corrected chi connectivity index (χ3v) is 4.58. The van der Waals surface area contributed by atoms with E-state index in [1.165, 1.54) is 19.3 Å². The van der Waals surface area contributed by atoms with Gasteiger partial charge in [0.1, 0.15) is 5.82 Å². The van der Waals surface area contributed by atoms with Gasteiger partial charge >= 0.3 is 0 Å². The predicted octanol–water partition coefficient (Wildman–Crippen LogP) is 4.43. The second kappa shape index (κ2) is 7.84. The molecule has 1 aromatic carbocycles. The van der Waals surface area contributed by atoms with Crippen LogP contribution < -0.4 is 10.2 Å². The number of nitrogens with zero attached hydrogens (tertiary/aromatic N) is 3. The second-order valence-electron chi connectivity index (χ2n) is 5.70. The molecule has 1 N–H and O–H groups in total. The largest absolute Gasteiger partial charge is 0.370 e. The summed E-state index contributed by atoms with van der Waals surface area (Å²) in [5.41, 5.74) is 1.08. The van der Waals surface area contributed by atoms with E-state index < -0.39 is 0 Å². The van der Waals surface area contributed by atoms with E-state index in [9.17, 15) is 0 Å². The molecule has 1 aliphatic rings. The van der Waals surface area contributed by atoms with Crippen molar-refractivity contribution >= 4 is 35.0 Å². The summed E-state index contributed by atoms with van der Waals surface area (Å²) in [6, 6.07) is 7.50. The van der Waals surface area contributed by atoms with E-state index >= 15 is 0 Å². The summed E-state index contributed by atoms with van der Waals surface area (Å²) in [4.78, 5) is 11.3. The summed E-state index contributed by atoms with van der Waals surface area (Å²) in [6.45, 7) is 2.85. The van der Waals surface area contributed by atoms with Crippen molar-refractivity contribution < 1.29 is 0 Å². The SMILES string of the molecule is Clc1ccc(CCNc2ccnc(N3CCCCC3)n2)c(Cl)c1. The fraction of sp³-hybridized carbons (Fsp3) is 0.412. The van der Waals surface area contributed by atoms with Crippen molar-refractivity contribution in [2.45, 2.75) is 25.7 Å². The first kappa shape index (κ1) is 16.3. The lowest BCUT2D eigenvalue weighted by molar-refractivity contribution is 0.568. The first-order valence-corrected chi connectivity index (χ1v) is 8.74. The number of aromatic nitrogens is 2. The van der Waals surface area contributed by atoms with Crippen molar-refractivity contribution in [3.05, 3.63) is 46.1 Å². The number of anilines is 2. The van der Waals surface area contributed by atoms with Crippen molar-refractivity contribution in [3.63, 3.8) is 0 Å². The average molecular weight is 351 g/mol. The fourth-order valence-electron chi connectivity index (χ4n) is 2.74. The summed E-state index contributed by atoms with van der Waals surface area (Å²) in [5, 5.41) is 4.71. The van der Waals surface area contributed by atoms with E-state index in [4.69, 9.17) is 23.2 Å². The molecule has 0 atom stereocenters. The van der Waals surface area contributed by atoms with Crippen molar-refractivity contribution in [1.29, 1.82) is 0 Å². The van der Waals surface area contributed by atoms with Crippen LogP contribution in [0.25, 0.3) is 0 Å². The Hall–Kier alpha value is -1.52. The van der Waals surface area contributed by atoms with E-state index in [2.05, 4.69) is 20.2 Å². The van der Waals surface area contributed by atoms with Crippen LogP contribution in [0.2, 0.25) is 10.0 Å². The van der Waals surface area contributed by atoms with Gasteiger partial charge in [-0.2, -0.15) is 4.98 Å². The number of piperidine rings is 1. The highest BCUT2D eigenvalue weighted by Gasteiger charge is 2.13. The molecule has 1 aliphatic heterocycles. The maximum atomic E-state index is 6.19. The molecule has 3 rings (SSSR count). The predicted molar refractivity (Wildman–Crippen MR) is 96.8 cm³/mol. The van der Waals surface area contributed by atoms with Gasteiger partial charge in [0.25, 0.3) is 0 Å². The minimum Gasteiger partial charge on any atom is -0.370 e. The molecule has 0 radical (unpaired) electrons. The molecule has 23 heavy (non-hydrogen) atoms. The quantitative estimate of drug-likeness (QED) is 0.865. The van der Waals surface area contributed by atoms with Gasteiger partial charge < -0.3 is 10.2 Å². The summed E-state index contributed by atoms with van der Waals surface area (Å²) in [5.74, 6) is 1.67. The maximum Gasteiger partial charge on any atom is 0.227 e. The summed E-state index contributed by atoms with van der Waals surface area (Å²) >= 11 is 12.1. The molecule has 0 amide bonds. The normalized spacial score (nSPS) is 14.8. The third-order valence-electron chi connectivity index (χ3n) is 4.00. The number of nitrogens with one attached hydrogen (secondary N) is 1. The third kappa shape index (κ3) is 4.49. The molecule has 2 heterocycles. The minimum absolute atomic E-state index is 0.661. The molecule has 0 aliphatic carbocycles. The smallest absolute Gasteiger partial charge is 0.227 e. The van der Waals surface area contributed by atoms with Gasteiger partial charge in [-0.05, 0) is 49.4 Å². The lowest BCUT2D eigenvalue weighted by Crippen LogP contribution is -2.31. The van der Waals surface area contributed by atoms with Crippen molar-refractivity contribution in [1.82, 2.24) is 9.97 Å². The molecule has 1 fully saturated rings. The minimum atomic E-state index is 0.661. The first-order valence-electron chi connectivity index (χ1n) is 7.98. The molecule has 0 unspecified atom stereocenters. The van der Waals surface area contributed by atoms with Crippen molar-refractivity contribution in [2.24, 2.45) is 0 Å². The van der Waals surface area contributed by atoms with Crippen LogP contribution in [0.4, 0.5) is 11.8 Å². The molecule has 6 heteroatoms. The molecule has 0 spiro atoms. The Kier molecular flexibility index (Phi) is 5.57. The first-order chi connectivity index (χ1) is 11.2. The molecule has 0 bridgehead atoms. The van der Waals surface area contributed by atoms with E-state index in [1.54, 1.807) is 6.07 Å². The molecular weight excluding hydrogens is 331 g/mol. The van der Waals surface area contributed by atoms with Gasteiger partial charge in [-0.3, -0.25) is 0 Å². The highest BCUT2D eigenvalue weighted by Crippen LogP contribution is 2.21. The van der Waals surface area contributed by atoms with Crippen LogP contribution >= 0.6 is 23.2 Å². The summed E-state index contributed by atoms with van der Waals surface area (Å²) in [7, 11) is 0. The van der Waals surface area contributed by atoms with Crippen LogP contribution in [0, 0.1) is 0 Å². The Morgan fingerprint density at radius 2 is 1.91 bits per heavy atom. The standard InChI is InChI=1S/C17H20Cl2N4/c18-14-5-4-13(15(19)12-14)6-8-20-16-7-9-21-17(22-16)23-10-2-1-3-11-23/h4-5,7,9,12H,1-3,6,8,10-11H2,(H,20,21,22). The van der Waals surface area contributed by atoms with Gasteiger partial charge in [-0.25, -0.2) is 4.98 Å². The molecule has 122 valence electrons. The van der Waals surface area contributed by atoms with E-state index in [0.29, 0.717) is 10.0 Å². The van der Waals surface area contributed by atoms with Gasteiger partial charge in [0, 0.05) is 35.9 Å². The van der Waals surface area contributed by atoms with Gasteiger partial charge in [-0.1, -0.05) is 29.3 Å².